The van der Waals surface area contributed by atoms with E-state index in [9.17, 15) is 0 Å². The number of fused-ring (bicyclic) bond motifs is 1. The van der Waals surface area contributed by atoms with E-state index in [0.717, 1.165) is 59.3 Å². The molecule has 1 aliphatic rings. The highest BCUT2D eigenvalue weighted by molar-refractivity contribution is 5.82. The molecule has 31 heavy (non-hydrogen) atoms. The van der Waals surface area contributed by atoms with Crippen molar-refractivity contribution in [2.75, 3.05) is 25.1 Å². The standard InChI is InChI=1S/C26H36N4O/c1-7-17(3)15-29(16-20-9-10-20)26-21(8-2)28-25-24(27-11-12-30(25)26)23-19(5)13-18(4)14-22(23)31-6/h11-14,17,20H,7-10,15-16H2,1-6H3. The van der Waals surface area contributed by atoms with Crippen molar-refractivity contribution >= 4 is 11.5 Å². The molecule has 0 bridgehead atoms. The van der Waals surface area contributed by atoms with Gasteiger partial charge in [-0.2, -0.15) is 0 Å². The monoisotopic (exact) mass is 420 g/mol. The van der Waals surface area contributed by atoms with E-state index in [0.29, 0.717) is 5.92 Å². The normalized spacial score (nSPS) is 14.8. The van der Waals surface area contributed by atoms with Crippen LogP contribution in [0.1, 0.15) is 56.9 Å². The van der Waals surface area contributed by atoms with Crippen LogP contribution in [0, 0.1) is 25.7 Å². The van der Waals surface area contributed by atoms with Gasteiger partial charge in [-0.1, -0.05) is 33.3 Å². The van der Waals surface area contributed by atoms with Gasteiger partial charge in [0.1, 0.15) is 17.3 Å². The Kier molecular flexibility index (Phi) is 6.22. The highest BCUT2D eigenvalue weighted by atomic mass is 16.5. The number of rotatable bonds is 9. The van der Waals surface area contributed by atoms with Crippen LogP contribution in [0.5, 0.6) is 5.75 Å². The summed E-state index contributed by atoms with van der Waals surface area (Å²) in [6.07, 6.45) is 8.77. The molecule has 5 nitrogen and oxygen atoms in total. The van der Waals surface area contributed by atoms with Crippen LogP contribution in [0.3, 0.4) is 0 Å². The molecule has 0 saturated heterocycles. The third-order valence-electron chi connectivity index (χ3n) is 6.53. The van der Waals surface area contributed by atoms with Gasteiger partial charge < -0.3 is 9.64 Å². The quantitative estimate of drug-likeness (QED) is 0.436. The Labute approximate surface area is 186 Å². The Morgan fingerprint density at radius 1 is 1.23 bits per heavy atom. The summed E-state index contributed by atoms with van der Waals surface area (Å²) in [7, 11) is 1.73. The van der Waals surface area contributed by atoms with Crippen LogP contribution in [0.4, 0.5) is 5.82 Å². The summed E-state index contributed by atoms with van der Waals surface area (Å²) in [5.41, 5.74) is 6.36. The molecule has 0 aliphatic heterocycles. The van der Waals surface area contributed by atoms with E-state index in [-0.39, 0.29) is 0 Å². The van der Waals surface area contributed by atoms with Gasteiger partial charge >= 0.3 is 0 Å². The topological polar surface area (TPSA) is 42.7 Å². The van der Waals surface area contributed by atoms with E-state index in [2.05, 4.69) is 62.2 Å². The van der Waals surface area contributed by atoms with Gasteiger partial charge in [-0.15, -0.1) is 0 Å². The van der Waals surface area contributed by atoms with E-state index < -0.39 is 0 Å². The number of aromatic nitrogens is 3. The van der Waals surface area contributed by atoms with E-state index in [1.807, 2.05) is 6.20 Å². The number of methoxy groups -OCH3 is 1. The van der Waals surface area contributed by atoms with Gasteiger partial charge in [0.05, 0.1) is 12.8 Å². The molecule has 4 rings (SSSR count). The number of benzene rings is 1. The van der Waals surface area contributed by atoms with Gasteiger partial charge in [-0.05, 0) is 62.1 Å². The van der Waals surface area contributed by atoms with Crippen molar-refractivity contribution in [3.8, 4) is 17.0 Å². The molecule has 2 heterocycles. The maximum absolute atomic E-state index is 5.76. The maximum atomic E-state index is 5.76. The lowest BCUT2D eigenvalue weighted by Crippen LogP contribution is -2.32. The van der Waals surface area contributed by atoms with Crippen molar-refractivity contribution in [1.29, 1.82) is 0 Å². The Bertz CT molecular complexity index is 1070. The van der Waals surface area contributed by atoms with Gasteiger partial charge in [0.2, 0.25) is 0 Å². The largest absolute Gasteiger partial charge is 0.496 e. The third-order valence-corrected chi connectivity index (χ3v) is 6.53. The SMILES string of the molecule is CCc1nc2c(-c3c(C)cc(C)cc3OC)nccn2c1N(CC(C)CC)CC1CC1. The first-order chi connectivity index (χ1) is 15.0. The minimum absolute atomic E-state index is 0.648. The smallest absolute Gasteiger partial charge is 0.165 e. The predicted molar refractivity (Wildman–Crippen MR) is 128 cm³/mol. The zero-order chi connectivity index (χ0) is 22.1. The first-order valence-corrected chi connectivity index (χ1v) is 11.7. The van der Waals surface area contributed by atoms with Crippen LogP contribution in [-0.2, 0) is 6.42 Å². The van der Waals surface area contributed by atoms with E-state index >= 15 is 0 Å². The molecule has 0 radical (unpaired) electrons. The summed E-state index contributed by atoms with van der Waals surface area (Å²) < 4.78 is 8.03. The van der Waals surface area contributed by atoms with Crippen LogP contribution < -0.4 is 9.64 Å². The van der Waals surface area contributed by atoms with Crippen LogP contribution in [0.25, 0.3) is 16.9 Å². The molecule has 0 amide bonds. The number of aryl methyl sites for hydroxylation is 3. The molecular weight excluding hydrogens is 384 g/mol. The molecule has 0 N–H and O–H groups in total. The van der Waals surface area contributed by atoms with Crippen molar-refractivity contribution in [2.45, 2.75) is 60.3 Å². The van der Waals surface area contributed by atoms with Crippen molar-refractivity contribution in [3.05, 3.63) is 41.3 Å². The molecule has 1 unspecified atom stereocenters. The summed E-state index contributed by atoms with van der Waals surface area (Å²) in [6, 6.07) is 4.27. The van der Waals surface area contributed by atoms with Crippen molar-refractivity contribution < 1.29 is 4.74 Å². The summed E-state index contributed by atoms with van der Waals surface area (Å²) in [5, 5.41) is 0. The Morgan fingerprint density at radius 2 is 2.00 bits per heavy atom. The lowest BCUT2D eigenvalue weighted by Gasteiger charge is -2.28. The number of ether oxygens (including phenoxy) is 1. The fraction of sp³-hybridized carbons (Fsp3) is 0.538. The second-order valence-electron chi connectivity index (χ2n) is 9.23. The van der Waals surface area contributed by atoms with Crippen molar-refractivity contribution in [3.63, 3.8) is 0 Å². The highest BCUT2D eigenvalue weighted by Gasteiger charge is 2.29. The molecular formula is C26H36N4O. The zero-order valence-electron chi connectivity index (χ0n) is 19.9. The lowest BCUT2D eigenvalue weighted by atomic mass is 10.0. The second-order valence-corrected chi connectivity index (χ2v) is 9.23. The van der Waals surface area contributed by atoms with Crippen molar-refractivity contribution in [2.24, 2.45) is 11.8 Å². The lowest BCUT2D eigenvalue weighted by molar-refractivity contribution is 0.415. The average molecular weight is 421 g/mol. The van der Waals surface area contributed by atoms with E-state index in [1.165, 1.54) is 30.6 Å². The number of nitrogens with zero attached hydrogens (tertiary/aromatic N) is 4. The Hall–Kier alpha value is -2.56. The second kappa shape index (κ2) is 8.89. The van der Waals surface area contributed by atoms with Gasteiger partial charge in [0.25, 0.3) is 0 Å². The number of hydrogen-bond acceptors (Lipinski definition) is 4. The van der Waals surface area contributed by atoms with Gasteiger partial charge in [-0.3, -0.25) is 9.38 Å². The van der Waals surface area contributed by atoms with Crippen molar-refractivity contribution in [1.82, 2.24) is 14.4 Å². The molecule has 1 saturated carbocycles. The van der Waals surface area contributed by atoms with E-state index in [1.54, 1.807) is 7.11 Å². The predicted octanol–water partition coefficient (Wildman–Crippen LogP) is 5.85. The minimum Gasteiger partial charge on any atom is -0.496 e. The fourth-order valence-corrected chi connectivity index (χ4v) is 4.52. The molecule has 1 aliphatic carbocycles. The Balaban J connectivity index is 1.90. The molecule has 2 aromatic heterocycles. The average Bonchev–Trinajstić information content (AvgIpc) is 3.49. The summed E-state index contributed by atoms with van der Waals surface area (Å²) in [5.74, 6) is 3.57. The van der Waals surface area contributed by atoms with Crippen LogP contribution >= 0.6 is 0 Å². The first-order valence-electron chi connectivity index (χ1n) is 11.7. The van der Waals surface area contributed by atoms with Gasteiger partial charge in [0, 0.05) is 31.0 Å². The number of hydrogen-bond donors (Lipinski definition) is 0. The van der Waals surface area contributed by atoms with Crippen LogP contribution in [0.2, 0.25) is 0 Å². The number of anilines is 1. The molecule has 0 spiro atoms. The zero-order valence-corrected chi connectivity index (χ0v) is 19.9. The van der Waals surface area contributed by atoms with Gasteiger partial charge in [0.15, 0.2) is 5.65 Å². The minimum atomic E-state index is 0.648. The van der Waals surface area contributed by atoms with Crippen LogP contribution in [0.15, 0.2) is 24.5 Å². The summed E-state index contributed by atoms with van der Waals surface area (Å²) in [4.78, 5) is 12.5. The Morgan fingerprint density at radius 3 is 2.65 bits per heavy atom. The molecule has 3 aromatic rings. The molecule has 1 fully saturated rings. The third kappa shape index (κ3) is 4.28. The fourth-order valence-electron chi connectivity index (χ4n) is 4.52. The summed E-state index contributed by atoms with van der Waals surface area (Å²) >= 11 is 0. The first kappa shape index (κ1) is 21.7. The van der Waals surface area contributed by atoms with Gasteiger partial charge in [-0.25, -0.2) is 4.98 Å². The van der Waals surface area contributed by atoms with E-state index in [4.69, 9.17) is 14.7 Å². The van der Waals surface area contributed by atoms with Crippen LogP contribution in [-0.4, -0.2) is 34.6 Å². The molecule has 5 heteroatoms. The molecule has 166 valence electrons. The maximum Gasteiger partial charge on any atom is 0.165 e. The summed E-state index contributed by atoms with van der Waals surface area (Å²) in [6.45, 7) is 13.2. The number of imidazole rings is 1. The highest BCUT2D eigenvalue weighted by Crippen LogP contribution is 2.38. The molecule has 1 atom stereocenters. The molecule has 1 aromatic carbocycles.